The number of anilines is 1. The summed E-state index contributed by atoms with van der Waals surface area (Å²) in [5.74, 6) is 0. The molecular formula is C15H24N2O. The topological polar surface area (TPSA) is 35.5 Å². The van der Waals surface area contributed by atoms with Gasteiger partial charge in [0, 0.05) is 31.9 Å². The predicted molar refractivity (Wildman–Crippen MR) is 75.9 cm³/mol. The van der Waals surface area contributed by atoms with E-state index in [1.165, 1.54) is 50.0 Å². The maximum atomic E-state index is 8.72. The Morgan fingerprint density at radius 2 is 1.67 bits per heavy atom. The Labute approximate surface area is 110 Å². The lowest BCUT2D eigenvalue weighted by atomic mass is 10.2. The molecule has 1 aromatic rings. The molecule has 1 fully saturated rings. The summed E-state index contributed by atoms with van der Waals surface area (Å²) in [5, 5.41) is 11.9. The number of nitrogens with zero attached hydrogens (tertiary/aromatic N) is 1. The third-order valence-electron chi connectivity index (χ3n) is 3.53. The molecule has 0 bridgehead atoms. The van der Waals surface area contributed by atoms with Crippen LogP contribution in [0.25, 0.3) is 0 Å². The highest BCUT2D eigenvalue weighted by Crippen LogP contribution is 2.19. The average molecular weight is 248 g/mol. The number of rotatable bonds is 5. The summed E-state index contributed by atoms with van der Waals surface area (Å²) < 4.78 is 0. The van der Waals surface area contributed by atoms with Crippen LogP contribution >= 0.6 is 0 Å². The molecule has 0 saturated carbocycles. The normalized spacial score (nSPS) is 16.6. The summed E-state index contributed by atoms with van der Waals surface area (Å²) in [4.78, 5) is 2.50. The minimum atomic E-state index is 0.200. The quantitative estimate of drug-likeness (QED) is 0.784. The van der Waals surface area contributed by atoms with Crippen molar-refractivity contribution < 1.29 is 5.11 Å². The van der Waals surface area contributed by atoms with E-state index in [0.29, 0.717) is 6.54 Å². The molecule has 1 heterocycles. The Balaban J connectivity index is 1.89. The van der Waals surface area contributed by atoms with E-state index in [9.17, 15) is 0 Å². The van der Waals surface area contributed by atoms with E-state index in [2.05, 4.69) is 34.5 Å². The molecule has 1 saturated heterocycles. The maximum absolute atomic E-state index is 8.72. The molecule has 0 aliphatic carbocycles. The molecule has 1 aliphatic heterocycles. The minimum Gasteiger partial charge on any atom is -0.395 e. The highest BCUT2D eigenvalue weighted by molar-refractivity contribution is 5.47. The van der Waals surface area contributed by atoms with Crippen LogP contribution in [-0.2, 0) is 6.54 Å². The zero-order valence-electron chi connectivity index (χ0n) is 11.1. The lowest BCUT2D eigenvalue weighted by molar-refractivity contribution is 0.292. The first-order chi connectivity index (χ1) is 8.90. The van der Waals surface area contributed by atoms with E-state index in [0.717, 1.165) is 6.54 Å². The van der Waals surface area contributed by atoms with Crippen molar-refractivity contribution in [3.63, 3.8) is 0 Å². The second kappa shape index (κ2) is 7.39. The van der Waals surface area contributed by atoms with Crippen molar-refractivity contribution in [2.24, 2.45) is 0 Å². The van der Waals surface area contributed by atoms with Crippen LogP contribution in [0.3, 0.4) is 0 Å². The Morgan fingerprint density at radius 1 is 1.00 bits per heavy atom. The molecule has 0 amide bonds. The third-order valence-corrected chi connectivity index (χ3v) is 3.53. The Hall–Kier alpha value is -1.06. The number of aliphatic hydroxyl groups is 1. The second-order valence-electron chi connectivity index (χ2n) is 4.97. The molecular weight excluding hydrogens is 224 g/mol. The van der Waals surface area contributed by atoms with Gasteiger partial charge in [-0.15, -0.1) is 0 Å². The lowest BCUT2D eigenvalue weighted by Gasteiger charge is -2.22. The molecule has 0 spiro atoms. The summed E-state index contributed by atoms with van der Waals surface area (Å²) in [6.45, 7) is 4.09. The van der Waals surface area contributed by atoms with Gasteiger partial charge in [-0.3, -0.25) is 0 Å². The number of hydrogen-bond donors (Lipinski definition) is 2. The fourth-order valence-electron chi connectivity index (χ4n) is 2.47. The fourth-order valence-corrected chi connectivity index (χ4v) is 2.47. The molecule has 0 radical (unpaired) electrons. The second-order valence-corrected chi connectivity index (χ2v) is 4.97. The molecule has 1 aliphatic rings. The van der Waals surface area contributed by atoms with Gasteiger partial charge in [0.15, 0.2) is 0 Å². The Bertz CT molecular complexity index is 329. The number of aliphatic hydroxyl groups excluding tert-OH is 1. The number of hydrogen-bond acceptors (Lipinski definition) is 3. The van der Waals surface area contributed by atoms with Gasteiger partial charge in [-0.25, -0.2) is 0 Å². The largest absolute Gasteiger partial charge is 0.395 e. The monoisotopic (exact) mass is 248 g/mol. The third kappa shape index (κ3) is 4.00. The first-order valence-electron chi connectivity index (χ1n) is 7.05. The highest BCUT2D eigenvalue weighted by Gasteiger charge is 2.09. The zero-order valence-corrected chi connectivity index (χ0v) is 11.1. The summed E-state index contributed by atoms with van der Waals surface area (Å²) in [6.07, 6.45) is 5.39. The number of benzene rings is 1. The van der Waals surface area contributed by atoms with Gasteiger partial charge in [0.05, 0.1) is 6.61 Å². The minimum absolute atomic E-state index is 0.200. The van der Waals surface area contributed by atoms with E-state index in [1.807, 2.05) is 0 Å². The van der Waals surface area contributed by atoms with E-state index < -0.39 is 0 Å². The first-order valence-corrected chi connectivity index (χ1v) is 7.05. The van der Waals surface area contributed by atoms with Crippen LogP contribution in [0.1, 0.15) is 31.2 Å². The number of nitrogens with one attached hydrogen (secondary N) is 1. The fraction of sp³-hybridized carbons (Fsp3) is 0.600. The molecule has 3 nitrogen and oxygen atoms in total. The van der Waals surface area contributed by atoms with Crippen LogP contribution in [0, 0.1) is 0 Å². The van der Waals surface area contributed by atoms with Crippen molar-refractivity contribution in [1.82, 2.24) is 5.32 Å². The van der Waals surface area contributed by atoms with Crippen molar-refractivity contribution in [1.29, 1.82) is 0 Å². The maximum Gasteiger partial charge on any atom is 0.0556 e. The summed E-state index contributed by atoms with van der Waals surface area (Å²) in [6, 6.07) is 8.82. The Kier molecular flexibility index (Phi) is 5.49. The van der Waals surface area contributed by atoms with Crippen molar-refractivity contribution in [2.45, 2.75) is 32.2 Å². The van der Waals surface area contributed by atoms with E-state index >= 15 is 0 Å². The molecule has 18 heavy (non-hydrogen) atoms. The van der Waals surface area contributed by atoms with Crippen LogP contribution in [0.5, 0.6) is 0 Å². The highest BCUT2D eigenvalue weighted by atomic mass is 16.3. The van der Waals surface area contributed by atoms with Gasteiger partial charge < -0.3 is 15.3 Å². The standard InChI is InChI=1S/C15H24N2O/c18-12-9-16-13-14-5-7-15(8-6-14)17-10-3-1-2-4-11-17/h5-8,16,18H,1-4,9-13H2. The summed E-state index contributed by atoms with van der Waals surface area (Å²) in [5.41, 5.74) is 2.63. The van der Waals surface area contributed by atoms with Crippen LogP contribution in [0.15, 0.2) is 24.3 Å². The van der Waals surface area contributed by atoms with Gasteiger partial charge in [-0.2, -0.15) is 0 Å². The lowest BCUT2D eigenvalue weighted by Crippen LogP contribution is -2.23. The molecule has 3 heteroatoms. The van der Waals surface area contributed by atoms with E-state index in [1.54, 1.807) is 0 Å². The summed E-state index contributed by atoms with van der Waals surface area (Å²) >= 11 is 0. The summed E-state index contributed by atoms with van der Waals surface area (Å²) in [7, 11) is 0. The van der Waals surface area contributed by atoms with Crippen molar-refractivity contribution >= 4 is 5.69 Å². The van der Waals surface area contributed by atoms with Crippen molar-refractivity contribution in [3.05, 3.63) is 29.8 Å². The van der Waals surface area contributed by atoms with Crippen LogP contribution < -0.4 is 10.2 Å². The van der Waals surface area contributed by atoms with Crippen molar-refractivity contribution in [3.8, 4) is 0 Å². The molecule has 2 rings (SSSR count). The molecule has 0 atom stereocenters. The van der Waals surface area contributed by atoms with Gasteiger partial charge in [-0.1, -0.05) is 25.0 Å². The van der Waals surface area contributed by atoms with Crippen LogP contribution in [0.4, 0.5) is 5.69 Å². The zero-order chi connectivity index (χ0) is 12.6. The van der Waals surface area contributed by atoms with E-state index in [4.69, 9.17) is 5.11 Å². The van der Waals surface area contributed by atoms with Crippen LogP contribution in [-0.4, -0.2) is 31.3 Å². The van der Waals surface area contributed by atoms with Crippen molar-refractivity contribution in [2.75, 3.05) is 31.1 Å². The van der Waals surface area contributed by atoms with Gasteiger partial charge in [-0.05, 0) is 30.5 Å². The van der Waals surface area contributed by atoms with Crippen LogP contribution in [0.2, 0.25) is 0 Å². The molecule has 0 unspecified atom stereocenters. The smallest absolute Gasteiger partial charge is 0.0556 e. The van der Waals surface area contributed by atoms with Gasteiger partial charge in [0.1, 0.15) is 0 Å². The van der Waals surface area contributed by atoms with Gasteiger partial charge in [0.25, 0.3) is 0 Å². The molecule has 100 valence electrons. The molecule has 1 aromatic carbocycles. The average Bonchev–Trinajstić information content (AvgIpc) is 2.69. The van der Waals surface area contributed by atoms with Gasteiger partial charge >= 0.3 is 0 Å². The molecule has 2 N–H and O–H groups in total. The van der Waals surface area contributed by atoms with E-state index in [-0.39, 0.29) is 6.61 Å². The Morgan fingerprint density at radius 3 is 2.28 bits per heavy atom. The van der Waals surface area contributed by atoms with Gasteiger partial charge in [0.2, 0.25) is 0 Å². The molecule has 0 aromatic heterocycles. The first kappa shape index (κ1) is 13.4. The SMILES string of the molecule is OCCNCc1ccc(N2CCCCCC2)cc1. The predicted octanol–water partition coefficient (Wildman–Crippen LogP) is 2.15.